The third-order valence-corrected chi connectivity index (χ3v) is 4.71. The Morgan fingerprint density at radius 3 is 2.74 bits per heavy atom. The van der Waals surface area contributed by atoms with Crippen molar-refractivity contribution in [2.75, 3.05) is 38.2 Å². The van der Waals surface area contributed by atoms with Gasteiger partial charge in [0.25, 0.3) is 5.91 Å². The molecule has 1 amide bonds. The number of anilines is 1. The summed E-state index contributed by atoms with van der Waals surface area (Å²) in [5.41, 5.74) is 1.74. The number of rotatable bonds is 4. The van der Waals surface area contributed by atoms with Gasteiger partial charge >= 0.3 is 0 Å². The van der Waals surface area contributed by atoms with Gasteiger partial charge in [-0.15, -0.1) is 0 Å². The Balaban J connectivity index is 1.63. The lowest BCUT2D eigenvalue weighted by molar-refractivity contribution is 0.0746. The SMILES string of the molecule is COCc1cccc(C(=O)N2CCN(c3nc(C)ns3)CC2)c1. The van der Waals surface area contributed by atoms with E-state index in [9.17, 15) is 4.79 Å². The number of hydrogen-bond donors (Lipinski definition) is 0. The Hall–Kier alpha value is -1.99. The van der Waals surface area contributed by atoms with Crippen LogP contribution in [0.5, 0.6) is 0 Å². The Morgan fingerprint density at radius 2 is 2.09 bits per heavy atom. The Labute approximate surface area is 139 Å². The molecule has 0 unspecified atom stereocenters. The van der Waals surface area contributed by atoms with Crippen molar-refractivity contribution in [1.29, 1.82) is 0 Å². The van der Waals surface area contributed by atoms with E-state index < -0.39 is 0 Å². The Morgan fingerprint density at radius 1 is 1.30 bits per heavy atom. The molecule has 7 heteroatoms. The summed E-state index contributed by atoms with van der Waals surface area (Å²) in [5.74, 6) is 0.884. The molecule has 3 rings (SSSR count). The van der Waals surface area contributed by atoms with E-state index >= 15 is 0 Å². The number of aromatic nitrogens is 2. The molecule has 0 bridgehead atoms. The number of amides is 1. The van der Waals surface area contributed by atoms with Crippen LogP contribution >= 0.6 is 11.5 Å². The molecule has 23 heavy (non-hydrogen) atoms. The minimum Gasteiger partial charge on any atom is -0.380 e. The van der Waals surface area contributed by atoms with E-state index in [4.69, 9.17) is 4.74 Å². The molecule has 1 fully saturated rings. The highest BCUT2D eigenvalue weighted by Crippen LogP contribution is 2.19. The Kier molecular flexibility index (Phi) is 4.88. The van der Waals surface area contributed by atoms with Gasteiger partial charge in [-0.25, -0.2) is 4.98 Å². The van der Waals surface area contributed by atoms with Crippen LogP contribution in [0.3, 0.4) is 0 Å². The number of methoxy groups -OCH3 is 1. The van der Waals surface area contributed by atoms with Gasteiger partial charge in [0.1, 0.15) is 5.82 Å². The number of nitrogens with zero attached hydrogens (tertiary/aromatic N) is 4. The molecule has 0 aliphatic carbocycles. The van der Waals surface area contributed by atoms with Crippen molar-refractivity contribution in [2.45, 2.75) is 13.5 Å². The molecule has 2 heterocycles. The first-order chi connectivity index (χ1) is 11.2. The second-order valence-electron chi connectivity index (χ2n) is 5.54. The third-order valence-electron chi connectivity index (χ3n) is 3.84. The summed E-state index contributed by atoms with van der Waals surface area (Å²) >= 11 is 1.42. The summed E-state index contributed by atoms with van der Waals surface area (Å²) in [6.07, 6.45) is 0. The van der Waals surface area contributed by atoms with Crippen LogP contribution in [0.15, 0.2) is 24.3 Å². The van der Waals surface area contributed by atoms with Gasteiger partial charge in [0.15, 0.2) is 0 Å². The third kappa shape index (κ3) is 3.68. The normalized spacial score (nSPS) is 15.0. The monoisotopic (exact) mass is 332 g/mol. The molecule has 0 saturated carbocycles. The summed E-state index contributed by atoms with van der Waals surface area (Å²) in [6, 6.07) is 7.64. The summed E-state index contributed by atoms with van der Waals surface area (Å²) in [7, 11) is 1.66. The molecule has 0 radical (unpaired) electrons. The maximum absolute atomic E-state index is 12.6. The van der Waals surface area contributed by atoms with Crippen molar-refractivity contribution < 1.29 is 9.53 Å². The van der Waals surface area contributed by atoms with Crippen molar-refractivity contribution in [2.24, 2.45) is 0 Å². The molecular weight excluding hydrogens is 312 g/mol. The van der Waals surface area contributed by atoms with Crippen LogP contribution < -0.4 is 4.90 Å². The number of carbonyl (C=O) groups excluding carboxylic acids is 1. The smallest absolute Gasteiger partial charge is 0.253 e. The number of carbonyl (C=O) groups is 1. The fourth-order valence-corrected chi connectivity index (χ4v) is 3.38. The first kappa shape index (κ1) is 15.9. The lowest BCUT2D eigenvalue weighted by Gasteiger charge is -2.34. The van der Waals surface area contributed by atoms with Crippen molar-refractivity contribution >= 4 is 22.6 Å². The molecule has 1 saturated heterocycles. The molecule has 1 aromatic heterocycles. The fraction of sp³-hybridized carbons (Fsp3) is 0.438. The van der Waals surface area contributed by atoms with Gasteiger partial charge in [-0.05, 0) is 24.6 Å². The van der Waals surface area contributed by atoms with Gasteiger partial charge in [-0.3, -0.25) is 4.79 Å². The topological polar surface area (TPSA) is 58.6 Å². The Bertz CT molecular complexity index is 680. The molecule has 122 valence electrons. The number of hydrogen-bond acceptors (Lipinski definition) is 6. The van der Waals surface area contributed by atoms with Crippen LogP contribution in [-0.4, -0.2) is 53.5 Å². The highest BCUT2D eigenvalue weighted by Gasteiger charge is 2.23. The van der Waals surface area contributed by atoms with Crippen LogP contribution in [0.2, 0.25) is 0 Å². The van der Waals surface area contributed by atoms with Crippen molar-refractivity contribution in [3.05, 3.63) is 41.2 Å². The van der Waals surface area contributed by atoms with Gasteiger partial charge < -0.3 is 14.5 Å². The maximum atomic E-state index is 12.6. The number of ether oxygens (including phenoxy) is 1. The van der Waals surface area contributed by atoms with E-state index in [0.29, 0.717) is 19.7 Å². The zero-order valence-electron chi connectivity index (χ0n) is 13.4. The minimum absolute atomic E-state index is 0.0797. The highest BCUT2D eigenvalue weighted by atomic mass is 32.1. The van der Waals surface area contributed by atoms with Crippen LogP contribution in [0.1, 0.15) is 21.7 Å². The van der Waals surface area contributed by atoms with E-state index in [1.54, 1.807) is 7.11 Å². The zero-order valence-corrected chi connectivity index (χ0v) is 14.2. The second kappa shape index (κ2) is 7.06. The van der Waals surface area contributed by atoms with Gasteiger partial charge in [-0.2, -0.15) is 4.37 Å². The largest absolute Gasteiger partial charge is 0.380 e. The van der Waals surface area contributed by atoms with E-state index in [2.05, 4.69) is 14.3 Å². The zero-order chi connectivity index (χ0) is 16.2. The predicted octanol–water partition coefficient (Wildman–Crippen LogP) is 1.96. The van der Waals surface area contributed by atoms with Crippen molar-refractivity contribution in [3.63, 3.8) is 0 Å². The van der Waals surface area contributed by atoms with E-state index in [1.807, 2.05) is 36.1 Å². The van der Waals surface area contributed by atoms with Crippen molar-refractivity contribution in [3.8, 4) is 0 Å². The molecule has 6 nitrogen and oxygen atoms in total. The molecule has 1 aliphatic rings. The average molecular weight is 332 g/mol. The number of piperazine rings is 1. The van der Waals surface area contributed by atoms with Crippen LogP contribution in [-0.2, 0) is 11.3 Å². The fourth-order valence-electron chi connectivity index (χ4n) is 2.66. The lowest BCUT2D eigenvalue weighted by atomic mass is 10.1. The molecule has 1 aromatic carbocycles. The quantitative estimate of drug-likeness (QED) is 0.856. The van der Waals surface area contributed by atoms with Crippen LogP contribution in [0.25, 0.3) is 0 Å². The molecule has 1 aliphatic heterocycles. The molecular formula is C16H20N4O2S. The summed E-state index contributed by atoms with van der Waals surface area (Å²) in [4.78, 5) is 21.1. The number of benzene rings is 1. The summed E-state index contributed by atoms with van der Waals surface area (Å²) < 4.78 is 9.35. The van der Waals surface area contributed by atoms with E-state index in [0.717, 1.165) is 35.2 Å². The molecule has 0 spiro atoms. The summed E-state index contributed by atoms with van der Waals surface area (Å²) in [5, 5.41) is 0.941. The van der Waals surface area contributed by atoms with Crippen LogP contribution in [0, 0.1) is 6.92 Å². The van der Waals surface area contributed by atoms with Gasteiger partial charge in [0.2, 0.25) is 5.13 Å². The lowest BCUT2D eigenvalue weighted by Crippen LogP contribution is -2.48. The maximum Gasteiger partial charge on any atom is 0.253 e. The van der Waals surface area contributed by atoms with E-state index in [-0.39, 0.29) is 5.91 Å². The molecule has 2 aromatic rings. The summed E-state index contributed by atoms with van der Waals surface area (Å²) in [6.45, 7) is 5.40. The number of aryl methyl sites for hydroxylation is 1. The molecule has 0 N–H and O–H groups in total. The predicted molar refractivity (Wildman–Crippen MR) is 89.9 cm³/mol. The van der Waals surface area contributed by atoms with Crippen LogP contribution in [0.4, 0.5) is 5.13 Å². The van der Waals surface area contributed by atoms with Gasteiger partial charge in [-0.1, -0.05) is 12.1 Å². The standard InChI is InChI=1S/C16H20N4O2S/c1-12-17-16(23-18-12)20-8-6-19(7-9-20)15(21)14-5-3-4-13(10-14)11-22-2/h3-5,10H,6-9,11H2,1-2H3. The van der Waals surface area contributed by atoms with Crippen molar-refractivity contribution in [1.82, 2.24) is 14.3 Å². The first-order valence-corrected chi connectivity index (χ1v) is 8.37. The van der Waals surface area contributed by atoms with Gasteiger partial charge in [0, 0.05) is 50.4 Å². The first-order valence-electron chi connectivity index (χ1n) is 7.60. The second-order valence-corrected chi connectivity index (χ2v) is 6.27. The minimum atomic E-state index is 0.0797. The highest BCUT2D eigenvalue weighted by molar-refractivity contribution is 7.09. The molecule has 0 atom stereocenters. The average Bonchev–Trinajstić information content (AvgIpc) is 3.01. The van der Waals surface area contributed by atoms with Gasteiger partial charge in [0.05, 0.1) is 6.61 Å². The van der Waals surface area contributed by atoms with E-state index in [1.165, 1.54) is 11.5 Å².